The summed E-state index contributed by atoms with van der Waals surface area (Å²) in [5.41, 5.74) is 1.73. The number of aromatic nitrogens is 2. The van der Waals surface area contributed by atoms with Gasteiger partial charge in [-0.3, -0.25) is 4.79 Å². The van der Waals surface area contributed by atoms with Crippen molar-refractivity contribution in [2.24, 2.45) is 0 Å². The van der Waals surface area contributed by atoms with E-state index >= 15 is 0 Å². The molecule has 132 valence electrons. The monoisotopic (exact) mass is 352 g/mol. The summed E-state index contributed by atoms with van der Waals surface area (Å²) < 4.78 is 18.2. The van der Waals surface area contributed by atoms with E-state index in [0.717, 1.165) is 18.8 Å². The van der Waals surface area contributed by atoms with E-state index in [1.165, 1.54) is 24.3 Å². The second-order valence-electron chi connectivity index (χ2n) is 6.04. The zero-order chi connectivity index (χ0) is 17.9. The van der Waals surface area contributed by atoms with Gasteiger partial charge in [0.2, 0.25) is 0 Å². The average Bonchev–Trinajstić information content (AvgIpc) is 3.19. The largest absolute Gasteiger partial charge is 0.368 e. The van der Waals surface area contributed by atoms with Crippen molar-refractivity contribution in [3.63, 3.8) is 0 Å². The molecular weight excluding hydrogens is 335 g/mol. The van der Waals surface area contributed by atoms with E-state index in [9.17, 15) is 9.18 Å². The first kappa shape index (κ1) is 16.3. The summed E-state index contributed by atoms with van der Waals surface area (Å²) in [5, 5.41) is 3.78. The zero-order valence-corrected chi connectivity index (χ0v) is 14.0. The molecule has 0 spiro atoms. The highest BCUT2D eigenvalue weighted by molar-refractivity contribution is 5.90. The predicted molar refractivity (Wildman–Crippen MR) is 94.3 cm³/mol. The summed E-state index contributed by atoms with van der Waals surface area (Å²) in [6.07, 6.45) is 0. The maximum absolute atomic E-state index is 13.0. The summed E-state index contributed by atoms with van der Waals surface area (Å²) in [6.45, 7) is 2.68. The van der Waals surface area contributed by atoms with Crippen LogP contribution in [-0.2, 0) is 0 Å². The van der Waals surface area contributed by atoms with Gasteiger partial charge in [-0.25, -0.2) is 4.39 Å². The van der Waals surface area contributed by atoms with Crippen LogP contribution in [0.2, 0.25) is 0 Å². The molecule has 1 saturated heterocycles. The maximum atomic E-state index is 13.0. The summed E-state index contributed by atoms with van der Waals surface area (Å²) in [4.78, 5) is 20.7. The SMILES string of the molecule is O=C(c1noc(-c2ccc(F)cc2)n1)N1CCN(c2ccccc2)CC1. The van der Waals surface area contributed by atoms with Crippen LogP contribution >= 0.6 is 0 Å². The molecule has 0 N–H and O–H groups in total. The molecule has 6 nitrogen and oxygen atoms in total. The van der Waals surface area contributed by atoms with Gasteiger partial charge < -0.3 is 14.3 Å². The second kappa shape index (κ2) is 6.95. The van der Waals surface area contributed by atoms with Crippen molar-refractivity contribution in [1.82, 2.24) is 15.0 Å². The third-order valence-corrected chi connectivity index (χ3v) is 4.40. The number of anilines is 1. The van der Waals surface area contributed by atoms with Crippen LogP contribution in [0.5, 0.6) is 0 Å². The molecule has 1 aliphatic heterocycles. The molecule has 1 aliphatic rings. The molecule has 0 radical (unpaired) electrons. The van der Waals surface area contributed by atoms with Gasteiger partial charge in [0.15, 0.2) is 0 Å². The number of carbonyl (C=O) groups excluding carboxylic acids is 1. The lowest BCUT2D eigenvalue weighted by Gasteiger charge is -2.35. The number of nitrogens with zero attached hydrogens (tertiary/aromatic N) is 4. The Morgan fingerprint density at radius 2 is 1.65 bits per heavy atom. The molecule has 0 aliphatic carbocycles. The Kier molecular flexibility index (Phi) is 4.35. The highest BCUT2D eigenvalue weighted by atomic mass is 19.1. The Labute approximate surface area is 149 Å². The first-order chi connectivity index (χ1) is 12.7. The predicted octanol–water partition coefficient (Wildman–Crippen LogP) is 2.84. The minimum Gasteiger partial charge on any atom is -0.368 e. The minimum absolute atomic E-state index is 0.0255. The highest BCUT2D eigenvalue weighted by Crippen LogP contribution is 2.19. The number of carbonyl (C=O) groups is 1. The molecule has 0 unspecified atom stereocenters. The number of halogens is 1. The van der Waals surface area contributed by atoms with Gasteiger partial charge in [0.1, 0.15) is 5.82 Å². The fourth-order valence-corrected chi connectivity index (χ4v) is 2.97. The molecule has 7 heteroatoms. The first-order valence-electron chi connectivity index (χ1n) is 8.39. The fourth-order valence-electron chi connectivity index (χ4n) is 2.97. The number of amides is 1. The van der Waals surface area contributed by atoms with Crippen molar-refractivity contribution in [1.29, 1.82) is 0 Å². The van der Waals surface area contributed by atoms with Crippen molar-refractivity contribution in [2.75, 3.05) is 31.1 Å². The summed E-state index contributed by atoms with van der Waals surface area (Å²) in [7, 11) is 0. The summed E-state index contributed by atoms with van der Waals surface area (Å²) >= 11 is 0. The lowest BCUT2D eigenvalue weighted by atomic mass is 10.2. The van der Waals surface area contributed by atoms with E-state index < -0.39 is 0 Å². The van der Waals surface area contributed by atoms with Crippen LogP contribution in [0, 0.1) is 5.82 Å². The van der Waals surface area contributed by atoms with Gasteiger partial charge in [0.25, 0.3) is 17.6 Å². The molecule has 3 aromatic rings. The number of rotatable bonds is 3. The van der Waals surface area contributed by atoms with E-state index in [2.05, 4.69) is 27.2 Å². The van der Waals surface area contributed by atoms with Crippen molar-refractivity contribution in [2.45, 2.75) is 0 Å². The van der Waals surface area contributed by atoms with Crippen LogP contribution < -0.4 is 4.90 Å². The third kappa shape index (κ3) is 3.28. The van der Waals surface area contributed by atoms with Crippen molar-refractivity contribution in [3.05, 3.63) is 66.2 Å². The number of para-hydroxylation sites is 1. The Hall–Kier alpha value is -3.22. The van der Waals surface area contributed by atoms with Crippen LogP contribution in [0.25, 0.3) is 11.5 Å². The molecule has 0 atom stereocenters. The van der Waals surface area contributed by atoms with E-state index in [-0.39, 0.29) is 23.4 Å². The van der Waals surface area contributed by atoms with E-state index in [1.807, 2.05) is 18.2 Å². The van der Waals surface area contributed by atoms with Crippen LogP contribution in [0.15, 0.2) is 59.1 Å². The smallest absolute Gasteiger partial charge is 0.295 e. The molecule has 1 fully saturated rings. The van der Waals surface area contributed by atoms with Gasteiger partial charge in [-0.15, -0.1) is 0 Å². The molecule has 2 aromatic carbocycles. The van der Waals surface area contributed by atoms with Crippen LogP contribution in [-0.4, -0.2) is 47.1 Å². The van der Waals surface area contributed by atoms with E-state index in [0.29, 0.717) is 18.7 Å². The van der Waals surface area contributed by atoms with Gasteiger partial charge in [-0.05, 0) is 36.4 Å². The number of piperazine rings is 1. The third-order valence-electron chi connectivity index (χ3n) is 4.40. The molecule has 1 aromatic heterocycles. The standard InChI is InChI=1S/C19H17FN4O2/c20-15-8-6-14(7-9-15)18-21-17(22-26-18)19(25)24-12-10-23(11-13-24)16-4-2-1-3-5-16/h1-9H,10-13H2. The molecule has 0 saturated carbocycles. The fraction of sp³-hybridized carbons (Fsp3) is 0.211. The Morgan fingerprint density at radius 3 is 2.35 bits per heavy atom. The second-order valence-corrected chi connectivity index (χ2v) is 6.04. The minimum atomic E-state index is -0.346. The molecule has 2 heterocycles. The number of hydrogen-bond donors (Lipinski definition) is 0. The van der Waals surface area contributed by atoms with Crippen molar-refractivity contribution >= 4 is 11.6 Å². The van der Waals surface area contributed by atoms with Crippen LogP contribution in [0.3, 0.4) is 0 Å². The Morgan fingerprint density at radius 1 is 0.962 bits per heavy atom. The normalized spacial score (nSPS) is 14.5. The molecular formula is C19H17FN4O2. The van der Waals surface area contributed by atoms with Crippen molar-refractivity contribution in [3.8, 4) is 11.5 Å². The van der Waals surface area contributed by atoms with Gasteiger partial charge in [0.05, 0.1) is 0 Å². The van der Waals surface area contributed by atoms with E-state index in [1.54, 1.807) is 4.90 Å². The van der Waals surface area contributed by atoms with Crippen molar-refractivity contribution < 1.29 is 13.7 Å². The Bertz CT molecular complexity index is 887. The topological polar surface area (TPSA) is 62.5 Å². The molecule has 0 bridgehead atoms. The van der Waals surface area contributed by atoms with Crippen LogP contribution in [0.4, 0.5) is 10.1 Å². The number of hydrogen-bond acceptors (Lipinski definition) is 5. The quantitative estimate of drug-likeness (QED) is 0.725. The van der Waals surface area contributed by atoms with Gasteiger partial charge in [-0.2, -0.15) is 4.98 Å². The molecule has 4 rings (SSSR count). The van der Waals surface area contributed by atoms with Gasteiger partial charge in [-0.1, -0.05) is 23.4 Å². The Balaban J connectivity index is 1.42. The van der Waals surface area contributed by atoms with Gasteiger partial charge >= 0.3 is 0 Å². The maximum Gasteiger partial charge on any atom is 0.295 e. The van der Waals surface area contributed by atoms with Gasteiger partial charge in [0, 0.05) is 37.4 Å². The molecule has 1 amide bonds. The summed E-state index contributed by atoms with van der Waals surface area (Å²) in [6, 6.07) is 15.8. The lowest BCUT2D eigenvalue weighted by Crippen LogP contribution is -2.49. The number of benzene rings is 2. The van der Waals surface area contributed by atoms with E-state index in [4.69, 9.17) is 4.52 Å². The summed E-state index contributed by atoms with van der Waals surface area (Å²) in [5.74, 6) is -0.371. The average molecular weight is 352 g/mol. The zero-order valence-electron chi connectivity index (χ0n) is 14.0. The van der Waals surface area contributed by atoms with Crippen LogP contribution in [0.1, 0.15) is 10.6 Å². The highest BCUT2D eigenvalue weighted by Gasteiger charge is 2.26. The first-order valence-corrected chi connectivity index (χ1v) is 8.39. The molecule has 26 heavy (non-hydrogen) atoms. The lowest BCUT2D eigenvalue weighted by molar-refractivity contribution is 0.0731.